The molecular formula is C38H30O2. The third-order valence-corrected chi connectivity index (χ3v) is 11.3. The lowest BCUT2D eigenvalue weighted by atomic mass is 9.47. The zero-order valence-electron chi connectivity index (χ0n) is 22.8. The molecule has 10 rings (SSSR count). The predicted octanol–water partition coefficient (Wildman–Crippen LogP) is 8.15. The normalized spacial score (nSPS) is 35.2. The summed E-state index contributed by atoms with van der Waals surface area (Å²) in [6.07, 6.45) is 2.00. The minimum Gasteiger partial charge on any atom is -0.358 e. The molecule has 3 saturated heterocycles. The van der Waals surface area contributed by atoms with Crippen LogP contribution in [0.5, 0.6) is 0 Å². The Morgan fingerprint density at radius 2 is 1.05 bits per heavy atom. The van der Waals surface area contributed by atoms with Gasteiger partial charge in [-0.3, -0.25) is 0 Å². The number of benzene rings is 5. The molecule has 5 aliphatic rings. The lowest BCUT2D eigenvalue weighted by molar-refractivity contribution is -0.156. The third kappa shape index (κ3) is 2.11. The predicted molar refractivity (Wildman–Crippen MR) is 156 cm³/mol. The van der Waals surface area contributed by atoms with Crippen LogP contribution < -0.4 is 0 Å². The van der Waals surface area contributed by atoms with Crippen molar-refractivity contribution in [3.63, 3.8) is 0 Å². The van der Waals surface area contributed by atoms with E-state index in [1.165, 1.54) is 55.3 Å². The van der Waals surface area contributed by atoms with Gasteiger partial charge < -0.3 is 9.47 Å². The maximum absolute atomic E-state index is 7.89. The Morgan fingerprint density at radius 3 is 1.75 bits per heavy atom. The van der Waals surface area contributed by atoms with E-state index < -0.39 is 22.4 Å². The molecule has 1 aliphatic carbocycles. The van der Waals surface area contributed by atoms with Gasteiger partial charge in [0.15, 0.2) is 0 Å². The fraction of sp³-hybridized carbons (Fsp3) is 0.263. The molecule has 6 atom stereocenters. The molecule has 40 heavy (non-hydrogen) atoms. The zero-order valence-corrected chi connectivity index (χ0v) is 22.8. The van der Waals surface area contributed by atoms with Gasteiger partial charge in [0.25, 0.3) is 0 Å². The second-order valence-corrected chi connectivity index (χ2v) is 12.9. The van der Waals surface area contributed by atoms with Gasteiger partial charge in [-0.2, -0.15) is 0 Å². The zero-order chi connectivity index (χ0) is 26.5. The molecule has 194 valence electrons. The number of ether oxygens (including phenoxy) is 2. The van der Waals surface area contributed by atoms with Crippen LogP contribution in [0.1, 0.15) is 57.3 Å². The maximum Gasteiger partial charge on any atom is 0.127 e. The number of aryl methyl sites for hydroxylation is 2. The van der Waals surface area contributed by atoms with Crippen molar-refractivity contribution < 1.29 is 9.47 Å². The lowest BCUT2D eigenvalue weighted by Gasteiger charge is -2.50. The summed E-state index contributed by atoms with van der Waals surface area (Å²) in [4.78, 5) is 0. The lowest BCUT2D eigenvalue weighted by Crippen LogP contribution is -2.53. The van der Waals surface area contributed by atoms with Crippen LogP contribution in [0.2, 0.25) is 0 Å². The van der Waals surface area contributed by atoms with Crippen LogP contribution in [0, 0.1) is 25.7 Å². The van der Waals surface area contributed by atoms with E-state index in [9.17, 15) is 0 Å². The smallest absolute Gasteiger partial charge is 0.127 e. The van der Waals surface area contributed by atoms with Crippen molar-refractivity contribution >= 4 is 10.8 Å². The third-order valence-electron chi connectivity index (χ3n) is 11.3. The molecule has 0 amide bonds. The molecule has 5 aromatic rings. The first kappa shape index (κ1) is 22.0. The van der Waals surface area contributed by atoms with Crippen molar-refractivity contribution in [1.82, 2.24) is 0 Å². The van der Waals surface area contributed by atoms with E-state index in [0.29, 0.717) is 0 Å². The minimum atomic E-state index is -0.605. The molecule has 0 N–H and O–H groups in total. The first-order chi connectivity index (χ1) is 19.5. The molecule has 0 saturated carbocycles. The van der Waals surface area contributed by atoms with Crippen LogP contribution in [-0.4, -0.2) is 0 Å². The van der Waals surface area contributed by atoms with Gasteiger partial charge in [0.2, 0.25) is 0 Å². The van der Waals surface area contributed by atoms with Gasteiger partial charge in [-0.15, -0.1) is 0 Å². The Kier molecular flexibility index (Phi) is 3.73. The highest BCUT2D eigenvalue weighted by Gasteiger charge is 2.86. The topological polar surface area (TPSA) is 18.5 Å². The van der Waals surface area contributed by atoms with Crippen molar-refractivity contribution in [3.8, 4) is 0 Å². The summed E-state index contributed by atoms with van der Waals surface area (Å²) >= 11 is 0. The highest BCUT2D eigenvalue weighted by atomic mass is 16.6. The summed E-state index contributed by atoms with van der Waals surface area (Å²) in [6, 6.07) is 41.0. The van der Waals surface area contributed by atoms with Crippen LogP contribution in [0.3, 0.4) is 0 Å². The molecular weight excluding hydrogens is 488 g/mol. The molecule has 0 aromatic heterocycles. The monoisotopic (exact) mass is 518 g/mol. The quantitative estimate of drug-likeness (QED) is 0.235. The van der Waals surface area contributed by atoms with Crippen LogP contribution in [0.15, 0.2) is 109 Å². The van der Waals surface area contributed by atoms with E-state index in [4.69, 9.17) is 9.47 Å². The first-order valence-corrected chi connectivity index (χ1v) is 14.7. The standard InChI is InChI=1S/C38H30O2/c1-23-13-17-26(18-14-23)35-21-22-36(39-35)30-11-5-7-25-8-6-12-31(32(25)30)38-29-10-4-3-9-28(29)37(40-38,33(35)34(36)38)27-19-15-24(2)16-20-27/h3-20,33-34H,21-22H2,1-2H3/t33-,34+,35-,36+,37-,38-/m1/s1. The molecule has 4 aliphatic heterocycles. The molecule has 4 bridgehead atoms. The highest BCUT2D eigenvalue weighted by Crippen LogP contribution is 2.84. The molecule has 2 spiro atoms. The second-order valence-electron chi connectivity index (χ2n) is 12.9. The summed E-state index contributed by atoms with van der Waals surface area (Å²) in [7, 11) is 0. The van der Waals surface area contributed by atoms with Crippen LogP contribution in [0.25, 0.3) is 10.8 Å². The summed E-state index contributed by atoms with van der Waals surface area (Å²) in [5, 5.41) is 2.61. The van der Waals surface area contributed by atoms with E-state index >= 15 is 0 Å². The average Bonchev–Trinajstić information content (AvgIpc) is 3.71. The van der Waals surface area contributed by atoms with Crippen molar-refractivity contribution in [2.45, 2.75) is 49.1 Å². The van der Waals surface area contributed by atoms with Gasteiger partial charge in [-0.05, 0) is 70.8 Å². The van der Waals surface area contributed by atoms with Crippen LogP contribution in [-0.2, 0) is 31.9 Å². The number of hydrogen-bond acceptors (Lipinski definition) is 2. The van der Waals surface area contributed by atoms with E-state index in [1.807, 2.05) is 0 Å². The van der Waals surface area contributed by atoms with Gasteiger partial charge in [0, 0.05) is 11.8 Å². The Morgan fingerprint density at radius 1 is 0.500 bits per heavy atom. The second kappa shape index (κ2) is 6.77. The van der Waals surface area contributed by atoms with Gasteiger partial charge in [-0.25, -0.2) is 0 Å². The number of hydrogen-bond donors (Lipinski definition) is 0. The van der Waals surface area contributed by atoms with Gasteiger partial charge in [0.1, 0.15) is 22.4 Å². The van der Waals surface area contributed by atoms with Crippen molar-refractivity contribution in [2.24, 2.45) is 11.8 Å². The average molecular weight is 519 g/mol. The number of fused-ring (bicyclic) bond motifs is 6. The van der Waals surface area contributed by atoms with Crippen molar-refractivity contribution in [2.75, 3.05) is 0 Å². The Labute approximate surface area is 234 Å². The largest absolute Gasteiger partial charge is 0.358 e. The van der Waals surface area contributed by atoms with Crippen molar-refractivity contribution in [1.29, 1.82) is 0 Å². The molecule has 2 heteroatoms. The van der Waals surface area contributed by atoms with Gasteiger partial charge in [-0.1, -0.05) is 120 Å². The fourth-order valence-electron chi connectivity index (χ4n) is 10.00. The van der Waals surface area contributed by atoms with Crippen LogP contribution >= 0.6 is 0 Å². The molecule has 5 aromatic carbocycles. The maximum atomic E-state index is 7.89. The van der Waals surface area contributed by atoms with Crippen LogP contribution in [0.4, 0.5) is 0 Å². The minimum absolute atomic E-state index is 0.137. The molecule has 4 heterocycles. The van der Waals surface area contributed by atoms with Gasteiger partial charge in [0.05, 0.1) is 0 Å². The Hall–Kier alpha value is -3.72. The molecule has 3 fully saturated rings. The molecule has 0 radical (unpaired) electrons. The Balaban J connectivity index is 1.40. The summed E-state index contributed by atoms with van der Waals surface area (Å²) in [5.74, 6) is 0.310. The SMILES string of the molecule is Cc1ccc([C@@]23O[C@]4(c5ccccc52)c2cccc5cccc(c25)[C@]25CC[C@](c6ccc(C)cc6)(O2)[C@H]3[C@H]45)cc1. The fourth-order valence-corrected chi connectivity index (χ4v) is 10.00. The van der Waals surface area contributed by atoms with Crippen molar-refractivity contribution in [3.05, 3.63) is 154 Å². The summed E-state index contributed by atoms with van der Waals surface area (Å²) in [6.45, 7) is 4.34. The van der Waals surface area contributed by atoms with E-state index in [0.717, 1.165) is 12.8 Å². The summed E-state index contributed by atoms with van der Waals surface area (Å²) < 4.78 is 15.7. The van der Waals surface area contributed by atoms with E-state index in [2.05, 4.69) is 123 Å². The molecule has 0 unspecified atom stereocenters. The Bertz CT molecular complexity index is 1900. The summed E-state index contributed by atoms with van der Waals surface area (Å²) in [5.41, 5.74) is 8.39. The van der Waals surface area contributed by atoms with Gasteiger partial charge >= 0.3 is 0 Å². The first-order valence-electron chi connectivity index (χ1n) is 14.7. The highest BCUT2D eigenvalue weighted by molar-refractivity contribution is 5.93. The molecule has 2 nitrogen and oxygen atoms in total. The number of rotatable bonds is 2. The van der Waals surface area contributed by atoms with E-state index in [-0.39, 0.29) is 11.8 Å². The van der Waals surface area contributed by atoms with E-state index in [1.54, 1.807) is 0 Å².